The fraction of sp³-hybridized carbons (Fsp3) is 0.375. The number of halogens is 1. The molecule has 2 aliphatic rings. The van der Waals surface area contributed by atoms with Gasteiger partial charge in [-0.1, -0.05) is 54.1 Å². The number of nitrogens with zero attached hydrogens (tertiary/aromatic N) is 2. The van der Waals surface area contributed by atoms with Crippen LogP contribution in [0.2, 0.25) is 0 Å². The predicted octanol–water partition coefficient (Wildman–Crippen LogP) is 4.49. The van der Waals surface area contributed by atoms with Crippen molar-refractivity contribution >= 4 is 12.5 Å². The molecule has 0 bridgehead atoms. The lowest BCUT2D eigenvalue weighted by atomic mass is 9.89. The van der Waals surface area contributed by atoms with Crippen molar-refractivity contribution in [3.8, 4) is 0 Å². The van der Waals surface area contributed by atoms with Crippen LogP contribution in [0.5, 0.6) is 0 Å². The smallest absolute Gasteiger partial charge is 0.210 e. The van der Waals surface area contributed by atoms with Crippen LogP contribution < -0.4 is 0 Å². The molecule has 0 spiro atoms. The molecule has 2 saturated heterocycles. The fourth-order valence-corrected chi connectivity index (χ4v) is 4.64. The van der Waals surface area contributed by atoms with Crippen LogP contribution in [0.1, 0.15) is 36.8 Å². The molecule has 28 heavy (non-hydrogen) atoms. The summed E-state index contributed by atoms with van der Waals surface area (Å²) in [6, 6.07) is 17.8. The summed E-state index contributed by atoms with van der Waals surface area (Å²) >= 11 is 0. The largest absolute Gasteiger partial charge is 0.340 e. The second-order valence-electron chi connectivity index (χ2n) is 7.88. The van der Waals surface area contributed by atoms with Crippen LogP contribution in [0.25, 0.3) is 6.08 Å². The van der Waals surface area contributed by atoms with Crippen LogP contribution >= 0.6 is 0 Å². The molecule has 0 radical (unpaired) electrons. The van der Waals surface area contributed by atoms with Gasteiger partial charge >= 0.3 is 0 Å². The van der Waals surface area contributed by atoms with E-state index in [1.54, 1.807) is 0 Å². The minimum atomic E-state index is -0.210. The van der Waals surface area contributed by atoms with Gasteiger partial charge in [-0.3, -0.25) is 9.69 Å². The SMILES string of the molecule is O=CN1CCC(=Cc2ccc(F)cc2)CC1[C@@H]1CCCN1Cc1ccccc1. The zero-order chi connectivity index (χ0) is 19.3. The summed E-state index contributed by atoms with van der Waals surface area (Å²) in [6.07, 6.45) is 7.29. The lowest BCUT2D eigenvalue weighted by Gasteiger charge is -2.41. The van der Waals surface area contributed by atoms with Crippen molar-refractivity contribution in [2.24, 2.45) is 0 Å². The van der Waals surface area contributed by atoms with E-state index in [1.807, 2.05) is 23.1 Å². The maximum Gasteiger partial charge on any atom is 0.210 e. The number of carbonyl (C=O) groups is 1. The molecule has 4 heteroatoms. The van der Waals surface area contributed by atoms with E-state index in [0.717, 1.165) is 50.9 Å². The fourth-order valence-electron chi connectivity index (χ4n) is 4.64. The van der Waals surface area contributed by atoms with Crippen molar-refractivity contribution in [2.45, 2.75) is 44.3 Å². The van der Waals surface area contributed by atoms with Crippen LogP contribution in [-0.2, 0) is 11.3 Å². The van der Waals surface area contributed by atoms with Crippen LogP contribution in [0.15, 0.2) is 60.2 Å². The molecular formula is C24H27FN2O. The van der Waals surface area contributed by atoms with Crippen molar-refractivity contribution in [1.82, 2.24) is 9.80 Å². The normalized spacial score (nSPS) is 24.6. The Morgan fingerprint density at radius 3 is 2.54 bits per heavy atom. The zero-order valence-corrected chi connectivity index (χ0v) is 16.1. The lowest BCUT2D eigenvalue weighted by Crippen LogP contribution is -2.51. The van der Waals surface area contributed by atoms with Crippen molar-refractivity contribution in [3.05, 3.63) is 77.1 Å². The summed E-state index contributed by atoms with van der Waals surface area (Å²) in [5, 5.41) is 0. The first kappa shape index (κ1) is 18.9. The molecule has 2 aromatic rings. The third-order valence-electron chi connectivity index (χ3n) is 6.05. The van der Waals surface area contributed by atoms with Gasteiger partial charge in [-0.25, -0.2) is 4.39 Å². The summed E-state index contributed by atoms with van der Waals surface area (Å²) in [7, 11) is 0. The molecule has 2 atom stereocenters. The number of piperidine rings is 1. The van der Waals surface area contributed by atoms with Gasteiger partial charge in [-0.15, -0.1) is 0 Å². The highest BCUT2D eigenvalue weighted by molar-refractivity contribution is 5.55. The number of amides is 1. The second kappa shape index (κ2) is 8.70. The average Bonchev–Trinajstić information content (AvgIpc) is 3.18. The van der Waals surface area contributed by atoms with Gasteiger partial charge in [0.2, 0.25) is 6.41 Å². The second-order valence-corrected chi connectivity index (χ2v) is 7.88. The van der Waals surface area contributed by atoms with Crippen LogP contribution in [0, 0.1) is 5.82 Å². The Kier molecular flexibility index (Phi) is 5.87. The maximum absolute atomic E-state index is 13.2. The minimum absolute atomic E-state index is 0.210. The first-order valence-electron chi connectivity index (χ1n) is 10.2. The molecule has 146 valence electrons. The Bertz CT molecular complexity index is 818. The van der Waals surface area contributed by atoms with Crippen molar-refractivity contribution in [1.29, 1.82) is 0 Å². The van der Waals surface area contributed by atoms with E-state index in [0.29, 0.717) is 6.04 Å². The van der Waals surface area contributed by atoms with Gasteiger partial charge in [0.1, 0.15) is 5.82 Å². The molecule has 2 aliphatic heterocycles. The number of likely N-dealkylation sites (tertiary alicyclic amines) is 2. The van der Waals surface area contributed by atoms with E-state index in [4.69, 9.17) is 0 Å². The van der Waals surface area contributed by atoms with Gasteiger partial charge in [0, 0.05) is 19.1 Å². The van der Waals surface area contributed by atoms with Gasteiger partial charge in [-0.2, -0.15) is 0 Å². The Morgan fingerprint density at radius 2 is 1.79 bits per heavy atom. The van der Waals surface area contributed by atoms with Crippen molar-refractivity contribution in [2.75, 3.05) is 13.1 Å². The Morgan fingerprint density at radius 1 is 1.00 bits per heavy atom. The standard InChI is InChI=1S/C24H27FN2O/c25-22-10-8-19(9-11-22)15-21-12-14-27(18-28)24(16-21)23-7-4-13-26(23)17-20-5-2-1-3-6-20/h1-3,5-6,8-11,15,18,23-24H,4,7,12-14,16-17H2/t23-,24?/m0/s1. The molecule has 3 nitrogen and oxygen atoms in total. The van der Waals surface area contributed by atoms with Gasteiger partial charge in [-0.05, 0) is 55.5 Å². The highest BCUT2D eigenvalue weighted by Crippen LogP contribution is 2.32. The van der Waals surface area contributed by atoms with Gasteiger partial charge < -0.3 is 4.90 Å². The van der Waals surface area contributed by atoms with E-state index in [9.17, 15) is 9.18 Å². The molecule has 0 aliphatic carbocycles. The topological polar surface area (TPSA) is 23.6 Å². The summed E-state index contributed by atoms with van der Waals surface area (Å²) < 4.78 is 13.2. The summed E-state index contributed by atoms with van der Waals surface area (Å²) in [6.45, 7) is 2.78. The molecule has 2 fully saturated rings. The number of carbonyl (C=O) groups excluding carboxylic acids is 1. The monoisotopic (exact) mass is 378 g/mol. The molecule has 2 aromatic carbocycles. The molecule has 0 saturated carbocycles. The first-order chi connectivity index (χ1) is 13.7. The van der Waals surface area contributed by atoms with Crippen molar-refractivity contribution in [3.63, 3.8) is 0 Å². The van der Waals surface area contributed by atoms with E-state index >= 15 is 0 Å². The minimum Gasteiger partial charge on any atom is -0.340 e. The third kappa shape index (κ3) is 4.33. The number of benzene rings is 2. The van der Waals surface area contributed by atoms with Crippen LogP contribution in [0.3, 0.4) is 0 Å². The Balaban J connectivity index is 1.51. The van der Waals surface area contributed by atoms with Crippen LogP contribution in [0.4, 0.5) is 4.39 Å². The zero-order valence-electron chi connectivity index (χ0n) is 16.1. The Labute approximate surface area is 166 Å². The van der Waals surface area contributed by atoms with E-state index in [-0.39, 0.29) is 11.9 Å². The quantitative estimate of drug-likeness (QED) is 0.716. The van der Waals surface area contributed by atoms with Gasteiger partial charge in [0.15, 0.2) is 0 Å². The van der Waals surface area contributed by atoms with E-state index < -0.39 is 0 Å². The molecule has 1 unspecified atom stereocenters. The summed E-state index contributed by atoms with van der Waals surface area (Å²) in [5.74, 6) is -0.210. The molecular weight excluding hydrogens is 351 g/mol. The first-order valence-corrected chi connectivity index (χ1v) is 10.2. The summed E-state index contributed by atoms with van der Waals surface area (Å²) in [5.41, 5.74) is 3.70. The molecule has 2 heterocycles. The average molecular weight is 378 g/mol. The number of hydrogen-bond acceptors (Lipinski definition) is 2. The predicted molar refractivity (Wildman–Crippen MR) is 110 cm³/mol. The molecule has 4 rings (SSSR count). The van der Waals surface area contributed by atoms with Gasteiger partial charge in [0.25, 0.3) is 0 Å². The number of rotatable bonds is 5. The molecule has 1 amide bonds. The van der Waals surface area contributed by atoms with Crippen molar-refractivity contribution < 1.29 is 9.18 Å². The maximum atomic E-state index is 13.2. The highest BCUT2D eigenvalue weighted by atomic mass is 19.1. The van der Waals surface area contributed by atoms with E-state index in [1.165, 1.54) is 29.7 Å². The summed E-state index contributed by atoms with van der Waals surface area (Å²) in [4.78, 5) is 16.3. The number of hydrogen-bond donors (Lipinski definition) is 0. The molecule has 0 aromatic heterocycles. The lowest BCUT2D eigenvalue weighted by molar-refractivity contribution is -0.122. The van der Waals surface area contributed by atoms with E-state index in [2.05, 4.69) is 35.2 Å². The molecule has 0 N–H and O–H groups in total. The van der Waals surface area contributed by atoms with Gasteiger partial charge in [0.05, 0.1) is 6.04 Å². The Hall–Kier alpha value is -2.46. The third-order valence-corrected chi connectivity index (χ3v) is 6.05. The highest BCUT2D eigenvalue weighted by Gasteiger charge is 2.37. The van der Waals surface area contributed by atoms with Crippen LogP contribution in [-0.4, -0.2) is 41.4 Å².